The smallest absolute Gasteiger partial charge is 0.312 e. The number of esters is 2. The van der Waals surface area contributed by atoms with Crippen LogP contribution >= 0.6 is 0 Å². The van der Waals surface area contributed by atoms with Crippen molar-refractivity contribution in [2.75, 3.05) is 13.2 Å². The van der Waals surface area contributed by atoms with Gasteiger partial charge in [0.15, 0.2) is 0 Å². The van der Waals surface area contributed by atoms with E-state index < -0.39 is 5.41 Å². The monoisotopic (exact) mass is 230 g/mol. The first-order valence-electron chi connectivity index (χ1n) is 5.77. The van der Waals surface area contributed by atoms with Crippen molar-refractivity contribution in [3.63, 3.8) is 0 Å². The summed E-state index contributed by atoms with van der Waals surface area (Å²) in [6.45, 7) is 7.89. The van der Waals surface area contributed by atoms with Crippen molar-refractivity contribution in [2.45, 2.75) is 47.0 Å². The van der Waals surface area contributed by atoms with Gasteiger partial charge in [-0.05, 0) is 27.2 Å². The van der Waals surface area contributed by atoms with Gasteiger partial charge in [-0.15, -0.1) is 0 Å². The molecule has 0 rings (SSSR count). The Kier molecular flexibility index (Phi) is 6.77. The molecule has 0 aliphatic heterocycles. The molecule has 0 unspecified atom stereocenters. The molecule has 94 valence electrons. The van der Waals surface area contributed by atoms with Gasteiger partial charge in [0.05, 0.1) is 25.0 Å². The number of rotatable bonds is 7. The third-order valence-corrected chi connectivity index (χ3v) is 2.18. The minimum absolute atomic E-state index is 0.0650. The van der Waals surface area contributed by atoms with Gasteiger partial charge in [-0.25, -0.2) is 0 Å². The molecule has 0 saturated carbocycles. The largest absolute Gasteiger partial charge is 0.466 e. The Morgan fingerprint density at radius 1 is 1.12 bits per heavy atom. The van der Waals surface area contributed by atoms with Crippen LogP contribution in [-0.4, -0.2) is 25.2 Å². The highest BCUT2D eigenvalue weighted by atomic mass is 16.5. The van der Waals surface area contributed by atoms with E-state index in [9.17, 15) is 9.59 Å². The fourth-order valence-corrected chi connectivity index (χ4v) is 1.14. The highest BCUT2D eigenvalue weighted by Gasteiger charge is 2.32. The Labute approximate surface area is 97.3 Å². The topological polar surface area (TPSA) is 52.6 Å². The Morgan fingerprint density at radius 2 is 1.75 bits per heavy atom. The Hall–Kier alpha value is -1.06. The van der Waals surface area contributed by atoms with Crippen LogP contribution in [-0.2, 0) is 19.1 Å². The molecule has 0 heterocycles. The van der Waals surface area contributed by atoms with Crippen molar-refractivity contribution in [2.24, 2.45) is 5.41 Å². The summed E-state index contributed by atoms with van der Waals surface area (Å²) in [7, 11) is 0. The lowest BCUT2D eigenvalue weighted by Crippen LogP contribution is -2.30. The second kappa shape index (κ2) is 7.25. The van der Waals surface area contributed by atoms with Crippen molar-refractivity contribution in [3.05, 3.63) is 0 Å². The average molecular weight is 230 g/mol. The first-order valence-corrected chi connectivity index (χ1v) is 5.77. The lowest BCUT2D eigenvalue weighted by molar-refractivity contribution is -0.160. The van der Waals surface area contributed by atoms with Gasteiger partial charge in [-0.1, -0.05) is 13.3 Å². The van der Waals surface area contributed by atoms with Gasteiger partial charge in [0.25, 0.3) is 0 Å². The zero-order valence-corrected chi connectivity index (χ0v) is 10.7. The van der Waals surface area contributed by atoms with Crippen LogP contribution in [0, 0.1) is 5.41 Å². The molecule has 0 bridgehead atoms. The molecule has 0 atom stereocenters. The molecule has 0 radical (unpaired) electrons. The van der Waals surface area contributed by atoms with E-state index in [1.165, 1.54) is 0 Å². The van der Waals surface area contributed by atoms with E-state index >= 15 is 0 Å². The van der Waals surface area contributed by atoms with Crippen LogP contribution in [0.3, 0.4) is 0 Å². The summed E-state index contributed by atoms with van der Waals surface area (Å²) in [5.41, 5.74) is -0.806. The minimum Gasteiger partial charge on any atom is -0.466 e. The van der Waals surface area contributed by atoms with Crippen molar-refractivity contribution >= 4 is 11.9 Å². The molecule has 16 heavy (non-hydrogen) atoms. The predicted molar refractivity (Wildman–Crippen MR) is 60.9 cm³/mol. The average Bonchev–Trinajstić information content (AvgIpc) is 2.17. The molecule has 0 aromatic heterocycles. The summed E-state index contributed by atoms with van der Waals surface area (Å²) in [5, 5.41) is 0. The summed E-state index contributed by atoms with van der Waals surface area (Å²) in [6.07, 6.45) is 1.90. The number of hydrogen-bond donors (Lipinski definition) is 0. The molecule has 0 aliphatic rings. The first kappa shape index (κ1) is 14.9. The van der Waals surface area contributed by atoms with E-state index in [2.05, 4.69) is 0 Å². The van der Waals surface area contributed by atoms with Gasteiger partial charge >= 0.3 is 11.9 Å². The zero-order chi connectivity index (χ0) is 12.6. The van der Waals surface area contributed by atoms with Crippen molar-refractivity contribution in [1.82, 2.24) is 0 Å². The standard InChI is InChI=1S/C12H22O4/c1-5-7-8-16-10(13)9-12(3,4)11(14)15-6-2/h5-9H2,1-4H3. The highest BCUT2D eigenvalue weighted by Crippen LogP contribution is 2.22. The van der Waals surface area contributed by atoms with E-state index in [0.717, 1.165) is 12.8 Å². The molecule has 0 N–H and O–H groups in total. The van der Waals surface area contributed by atoms with E-state index in [1.54, 1.807) is 20.8 Å². The summed E-state index contributed by atoms with van der Waals surface area (Å²) in [5.74, 6) is -0.700. The Balaban J connectivity index is 4.04. The molecule has 0 aliphatic carbocycles. The van der Waals surface area contributed by atoms with Gasteiger partial charge in [0, 0.05) is 0 Å². The van der Waals surface area contributed by atoms with Crippen LogP contribution in [0.1, 0.15) is 47.0 Å². The van der Waals surface area contributed by atoms with Gasteiger partial charge < -0.3 is 9.47 Å². The normalized spacial score (nSPS) is 11.0. The Morgan fingerprint density at radius 3 is 2.25 bits per heavy atom. The van der Waals surface area contributed by atoms with Gasteiger partial charge in [-0.2, -0.15) is 0 Å². The van der Waals surface area contributed by atoms with E-state index in [-0.39, 0.29) is 18.4 Å². The van der Waals surface area contributed by atoms with Crippen LogP contribution in [0.15, 0.2) is 0 Å². The van der Waals surface area contributed by atoms with Crippen LogP contribution in [0.5, 0.6) is 0 Å². The van der Waals surface area contributed by atoms with Crippen LogP contribution in [0.4, 0.5) is 0 Å². The molecule has 4 nitrogen and oxygen atoms in total. The second-order valence-corrected chi connectivity index (χ2v) is 4.36. The van der Waals surface area contributed by atoms with E-state index in [4.69, 9.17) is 9.47 Å². The molecule has 0 fully saturated rings. The van der Waals surface area contributed by atoms with E-state index in [1.807, 2.05) is 6.92 Å². The number of hydrogen-bond acceptors (Lipinski definition) is 4. The molecule has 4 heteroatoms. The highest BCUT2D eigenvalue weighted by molar-refractivity contribution is 5.82. The first-order chi connectivity index (χ1) is 7.44. The van der Waals surface area contributed by atoms with Gasteiger partial charge in [0.1, 0.15) is 0 Å². The maximum Gasteiger partial charge on any atom is 0.312 e. The number of unbranched alkanes of at least 4 members (excludes halogenated alkanes) is 1. The summed E-state index contributed by atoms with van der Waals surface area (Å²) in [4.78, 5) is 22.9. The summed E-state index contributed by atoms with van der Waals surface area (Å²) in [6, 6.07) is 0. The molecule has 0 aromatic rings. The summed E-state index contributed by atoms with van der Waals surface area (Å²) >= 11 is 0. The SMILES string of the molecule is CCCCOC(=O)CC(C)(C)C(=O)OCC. The van der Waals surface area contributed by atoms with Crippen LogP contribution in [0.25, 0.3) is 0 Å². The van der Waals surface area contributed by atoms with Crippen LogP contribution < -0.4 is 0 Å². The molecule has 0 saturated heterocycles. The summed E-state index contributed by atoms with van der Waals surface area (Å²) < 4.78 is 9.89. The lowest BCUT2D eigenvalue weighted by atomic mass is 9.89. The molecular formula is C12H22O4. The van der Waals surface area contributed by atoms with Crippen molar-refractivity contribution in [3.8, 4) is 0 Å². The third kappa shape index (κ3) is 5.73. The van der Waals surface area contributed by atoms with Crippen molar-refractivity contribution in [1.29, 1.82) is 0 Å². The van der Waals surface area contributed by atoms with Gasteiger partial charge in [-0.3, -0.25) is 9.59 Å². The zero-order valence-electron chi connectivity index (χ0n) is 10.7. The minimum atomic E-state index is -0.806. The van der Waals surface area contributed by atoms with Gasteiger partial charge in [0.2, 0.25) is 0 Å². The number of ether oxygens (including phenoxy) is 2. The van der Waals surface area contributed by atoms with E-state index in [0.29, 0.717) is 13.2 Å². The molecule has 0 amide bonds. The molecular weight excluding hydrogens is 208 g/mol. The number of carbonyl (C=O) groups is 2. The quantitative estimate of drug-likeness (QED) is 0.497. The Bertz CT molecular complexity index is 233. The maximum atomic E-state index is 11.5. The molecule has 0 spiro atoms. The fourth-order valence-electron chi connectivity index (χ4n) is 1.14. The predicted octanol–water partition coefficient (Wildman–Crippen LogP) is 2.31. The molecule has 0 aromatic carbocycles. The fraction of sp³-hybridized carbons (Fsp3) is 0.833. The van der Waals surface area contributed by atoms with Crippen molar-refractivity contribution < 1.29 is 19.1 Å². The maximum absolute atomic E-state index is 11.5. The lowest BCUT2D eigenvalue weighted by Gasteiger charge is -2.20. The van der Waals surface area contributed by atoms with Crippen LogP contribution in [0.2, 0.25) is 0 Å². The second-order valence-electron chi connectivity index (χ2n) is 4.36. The third-order valence-electron chi connectivity index (χ3n) is 2.18. The number of carbonyl (C=O) groups excluding carboxylic acids is 2.